The van der Waals surface area contributed by atoms with Crippen LogP contribution in [0.2, 0.25) is 0 Å². The van der Waals surface area contributed by atoms with Gasteiger partial charge in [0.05, 0.1) is 0 Å². The predicted molar refractivity (Wildman–Crippen MR) is 25.6 cm³/mol. The van der Waals surface area contributed by atoms with Crippen molar-refractivity contribution in [1.82, 2.24) is 0 Å². The molecule has 0 rings (SSSR count). The zero-order valence-corrected chi connectivity index (χ0v) is 4.51. The average molecular weight is 245 g/mol. The van der Waals surface area contributed by atoms with E-state index >= 15 is 0 Å². The first-order valence-electron chi connectivity index (χ1n) is 0.204. The third kappa shape index (κ3) is 9.09. The number of hydrogen-bond acceptors (Lipinski definition) is 1. The van der Waals surface area contributed by atoms with Crippen molar-refractivity contribution >= 4 is 39.6 Å². The van der Waals surface area contributed by atoms with Crippen LogP contribution < -0.4 is 0 Å². The van der Waals surface area contributed by atoms with Gasteiger partial charge in [-0.1, -0.05) is 11.8 Å². The van der Waals surface area contributed by atoms with Crippen LogP contribution in [-0.4, -0.2) is 19.8 Å². The summed E-state index contributed by atoms with van der Waals surface area (Å²) in [5, 5.41) is 0. The molecule has 4 heteroatoms. The van der Waals surface area contributed by atoms with Crippen LogP contribution >= 0.6 is 8.02 Å². The van der Waals surface area contributed by atoms with E-state index in [0.29, 0.717) is 0 Å². The van der Waals surface area contributed by atoms with Crippen LogP contribution in [0.3, 0.4) is 0 Å². The van der Waals surface area contributed by atoms with Gasteiger partial charge < -0.3 is 0 Å². The van der Waals surface area contributed by atoms with E-state index in [9.17, 15) is 0 Å². The molecule has 0 aromatic heterocycles. The molecule has 4 heavy (non-hydrogen) atoms. The van der Waals surface area contributed by atoms with Gasteiger partial charge in [-0.2, -0.15) is 0 Å². The van der Waals surface area contributed by atoms with Crippen molar-refractivity contribution in [1.29, 1.82) is 0 Å². The van der Waals surface area contributed by atoms with Crippen LogP contribution in [-0.2, 0) is 34.2 Å². The molecule has 0 aromatic carbocycles. The van der Waals surface area contributed by atoms with E-state index in [-0.39, 0.29) is 42.2 Å². The summed E-state index contributed by atoms with van der Waals surface area (Å²) in [5.41, 5.74) is 0. The summed E-state index contributed by atoms with van der Waals surface area (Å²) >= 11 is 3.89. The first-order valence-corrected chi connectivity index (χ1v) is 1.84. The molecule has 0 spiro atoms. The van der Waals surface area contributed by atoms with Gasteiger partial charge in [0.2, 0.25) is 0 Å². The molecule has 0 aromatic rings. The van der Waals surface area contributed by atoms with Crippen LogP contribution in [0.4, 0.5) is 0 Å². The molecule has 1 radical (unpaired) electrons. The molecule has 0 N–H and O–H groups in total. The van der Waals surface area contributed by atoms with Gasteiger partial charge >= 0.3 is 19.8 Å². The normalized spacial score (nSPS) is 1.00. The van der Waals surface area contributed by atoms with Gasteiger partial charge in [-0.15, -0.1) is 0 Å². The van der Waals surface area contributed by atoms with Crippen molar-refractivity contribution in [2.45, 2.75) is 0 Å². The molecular formula is H4AgGaPS. The van der Waals surface area contributed by atoms with E-state index in [2.05, 4.69) is 19.8 Å². The number of hydrogen-bond donors (Lipinski definition) is 0. The molecule has 0 saturated carbocycles. The second kappa shape index (κ2) is 20.7. The summed E-state index contributed by atoms with van der Waals surface area (Å²) in [6.07, 6.45) is 0. The minimum absolute atomic E-state index is 0. The summed E-state index contributed by atoms with van der Waals surface area (Å²) < 4.78 is 0. The Morgan fingerprint density at radius 1 is 1.25 bits per heavy atom. The van der Waals surface area contributed by atoms with Gasteiger partial charge in [0.15, 0.2) is 0 Å². The fourth-order valence-electron chi connectivity index (χ4n) is 0. The van der Waals surface area contributed by atoms with E-state index < -0.39 is 0 Å². The molecule has 0 bridgehead atoms. The van der Waals surface area contributed by atoms with E-state index in [1.807, 2.05) is 0 Å². The zero-order chi connectivity index (χ0) is 2.00. The summed E-state index contributed by atoms with van der Waals surface area (Å²) in [4.78, 5) is 0. The molecule has 29 valence electrons. The molecule has 0 nitrogen and oxygen atoms in total. The second-order valence-electron chi connectivity index (χ2n) is 0. The van der Waals surface area contributed by atoms with Crippen molar-refractivity contribution in [3.63, 3.8) is 0 Å². The number of rotatable bonds is 0. The maximum absolute atomic E-state index is 3.89. The summed E-state index contributed by atoms with van der Waals surface area (Å²) in [6, 6.07) is 0. The molecular weight excluding hydrogens is 241 g/mol. The third-order valence-corrected chi connectivity index (χ3v) is 0. The van der Waals surface area contributed by atoms with Gasteiger partial charge in [0.1, 0.15) is 0 Å². The Morgan fingerprint density at radius 3 is 1.25 bits per heavy atom. The Kier molecular flexibility index (Phi) is 87.1. The van der Waals surface area contributed by atoms with Crippen molar-refractivity contribution in [3.05, 3.63) is 0 Å². The van der Waals surface area contributed by atoms with Crippen LogP contribution in [0.25, 0.3) is 0 Å². The topological polar surface area (TPSA) is 0 Å². The van der Waals surface area contributed by atoms with Crippen LogP contribution in [0.1, 0.15) is 0 Å². The standard InChI is InChI=1S/Ag.Ga.HPS.3H/c;;1-2;;;/h;;1H;;;. The van der Waals surface area contributed by atoms with Crippen LogP contribution in [0, 0.1) is 0 Å². The Balaban J connectivity index is -0.00000000500. The first-order chi connectivity index (χ1) is 1.00. The van der Waals surface area contributed by atoms with Crippen molar-refractivity contribution in [3.8, 4) is 0 Å². The molecule has 0 atom stereocenters. The van der Waals surface area contributed by atoms with Gasteiger partial charge in [-0.05, 0) is 8.02 Å². The second-order valence-corrected chi connectivity index (χ2v) is 0. The van der Waals surface area contributed by atoms with Gasteiger partial charge in [0.25, 0.3) is 0 Å². The van der Waals surface area contributed by atoms with E-state index in [1.54, 1.807) is 0 Å². The Hall–Kier alpha value is 1.90. The Bertz CT molecular complexity index is 8.00. The van der Waals surface area contributed by atoms with E-state index in [4.69, 9.17) is 0 Å². The molecule has 0 unspecified atom stereocenters. The summed E-state index contributed by atoms with van der Waals surface area (Å²) in [7, 11) is 2.56. The van der Waals surface area contributed by atoms with Gasteiger partial charge in [-0.25, -0.2) is 0 Å². The quantitative estimate of drug-likeness (QED) is 0.405. The molecule has 0 aliphatic rings. The molecule has 0 aliphatic heterocycles. The predicted octanol–water partition coefficient (Wildman–Crippen LogP) is -0.595. The fourth-order valence-corrected chi connectivity index (χ4v) is 0. The van der Waals surface area contributed by atoms with Crippen molar-refractivity contribution in [2.24, 2.45) is 0 Å². The molecule has 0 saturated heterocycles. The van der Waals surface area contributed by atoms with Crippen LogP contribution in [0.15, 0.2) is 0 Å². The van der Waals surface area contributed by atoms with E-state index in [1.165, 1.54) is 0 Å². The Morgan fingerprint density at radius 2 is 1.25 bits per heavy atom. The minimum atomic E-state index is 0. The molecule has 0 amide bonds. The average Bonchev–Trinajstić information content (AvgIpc) is 1.00. The fraction of sp³-hybridized carbons (Fsp3) is 0. The van der Waals surface area contributed by atoms with Gasteiger partial charge in [-0.3, -0.25) is 0 Å². The SMILES string of the molecule is P=S.[Ag].[GaH3]. The molecule has 0 aliphatic carbocycles. The third-order valence-electron chi connectivity index (χ3n) is 0. The van der Waals surface area contributed by atoms with E-state index in [0.717, 1.165) is 0 Å². The monoisotopic (exact) mass is 243 g/mol. The zero-order valence-electron chi connectivity index (χ0n) is 1.21. The van der Waals surface area contributed by atoms with Crippen molar-refractivity contribution in [2.75, 3.05) is 0 Å². The molecule has 0 fully saturated rings. The summed E-state index contributed by atoms with van der Waals surface area (Å²) in [6.45, 7) is 0. The molecule has 0 heterocycles. The Labute approximate surface area is 61.6 Å². The maximum atomic E-state index is 3.89. The summed E-state index contributed by atoms with van der Waals surface area (Å²) in [5.74, 6) is 0. The first kappa shape index (κ1) is 16.9. The van der Waals surface area contributed by atoms with Gasteiger partial charge in [0, 0.05) is 22.4 Å². The van der Waals surface area contributed by atoms with Crippen molar-refractivity contribution < 1.29 is 22.4 Å². The van der Waals surface area contributed by atoms with Crippen LogP contribution in [0.5, 0.6) is 0 Å².